The first-order valence-electron chi connectivity index (χ1n) is 8.24. The monoisotopic (exact) mass is 324 g/mol. The predicted octanol–water partition coefficient (Wildman–Crippen LogP) is 4.51. The van der Waals surface area contributed by atoms with Gasteiger partial charge in [-0.25, -0.2) is 0 Å². The van der Waals surface area contributed by atoms with E-state index in [1.165, 1.54) is 5.57 Å². The summed E-state index contributed by atoms with van der Waals surface area (Å²) in [6.45, 7) is 8.22. The molecule has 0 bridgehead atoms. The molecule has 24 heavy (non-hydrogen) atoms. The highest BCUT2D eigenvalue weighted by Crippen LogP contribution is 2.47. The minimum atomic E-state index is -0.0424. The summed E-state index contributed by atoms with van der Waals surface area (Å²) in [5.74, 6) is 0.432. The van der Waals surface area contributed by atoms with E-state index in [0.717, 1.165) is 29.5 Å². The molecule has 4 heteroatoms. The Morgan fingerprint density at radius 2 is 1.92 bits per heavy atom. The van der Waals surface area contributed by atoms with Crippen molar-refractivity contribution in [1.82, 2.24) is 9.78 Å². The Morgan fingerprint density at radius 1 is 1.25 bits per heavy atom. The van der Waals surface area contributed by atoms with E-state index in [2.05, 4.69) is 24.7 Å². The van der Waals surface area contributed by atoms with Gasteiger partial charge < -0.3 is 10.2 Å². The number of rotatable bonds is 3. The third kappa shape index (κ3) is 2.96. The van der Waals surface area contributed by atoms with Crippen LogP contribution in [0, 0.1) is 5.92 Å². The molecule has 0 aliphatic heterocycles. The fraction of sp³-hybridized carbons (Fsp3) is 0.350. The second kappa shape index (κ2) is 6.19. The van der Waals surface area contributed by atoms with Crippen molar-refractivity contribution < 1.29 is 10.2 Å². The van der Waals surface area contributed by atoms with Crippen LogP contribution >= 0.6 is 0 Å². The number of benzene rings is 1. The lowest BCUT2D eigenvalue weighted by Crippen LogP contribution is -2.17. The molecule has 126 valence electrons. The molecular formula is C20H24N2O2. The van der Waals surface area contributed by atoms with Crippen LogP contribution in [0.3, 0.4) is 0 Å². The summed E-state index contributed by atoms with van der Waals surface area (Å²) < 4.78 is 1.70. The van der Waals surface area contributed by atoms with Gasteiger partial charge >= 0.3 is 0 Å². The fourth-order valence-corrected chi connectivity index (χ4v) is 3.61. The zero-order valence-corrected chi connectivity index (χ0v) is 14.5. The largest absolute Gasteiger partial charge is 0.507 e. The molecule has 1 aliphatic carbocycles. The van der Waals surface area contributed by atoms with E-state index in [1.807, 2.05) is 20.2 Å². The first-order valence-corrected chi connectivity index (χ1v) is 8.24. The number of aryl methyl sites for hydroxylation is 1. The third-order valence-electron chi connectivity index (χ3n) is 4.89. The first kappa shape index (κ1) is 16.4. The summed E-state index contributed by atoms with van der Waals surface area (Å²) in [5.41, 5.74) is 4.58. The maximum Gasteiger partial charge on any atom is 0.123 e. The molecule has 1 aromatic carbocycles. The van der Waals surface area contributed by atoms with Crippen LogP contribution in [0.25, 0.3) is 11.1 Å². The van der Waals surface area contributed by atoms with Crippen LogP contribution in [-0.4, -0.2) is 20.0 Å². The Labute approximate surface area is 142 Å². The van der Waals surface area contributed by atoms with Crippen molar-refractivity contribution in [3.8, 4) is 22.6 Å². The van der Waals surface area contributed by atoms with Gasteiger partial charge in [0.05, 0.1) is 6.20 Å². The van der Waals surface area contributed by atoms with E-state index in [9.17, 15) is 10.2 Å². The van der Waals surface area contributed by atoms with Crippen molar-refractivity contribution in [2.75, 3.05) is 0 Å². The maximum absolute atomic E-state index is 10.6. The number of aromatic hydroxyl groups is 2. The summed E-state index contributed by atoms with van der Waals surface area (Å²) in [5, 5.41) is 25.4. The standard InChI is InChI=1S/C20H24N2O2/c1-12(2)16-6-5-13(3)7-17(16)20-18(23)8-14(9-19(20)24)15-10-21-22(4)11-15/h7-11,16-17,23-24H,1,5-6H2,2-4H3/t16-,17+/m0/s1. The van der Waals surface area contributed by atoms with Crippen LogP contribution in [0.5, 0.6) is 11.5 Å². The molecule has 4 nitrogen and oxygen atoms in total. The van der Waals surface area contributed by atoms with Gasteiger partial charge in [0.15, 0.2) is 0 Å². The summed E-state index contributed by atoms with van der Waals surface area (Å²) in [6, 6.07) is 3.42. The molecule has 0 unspecified atom stereocenters. The van der Waals surface area contributed by atoms with Crippen molar-refractivity contribution in [2.24, 2.45) is 13.0 Å². The first-order chi connectivity index (χ1) is 11.4. The predicted molar refractivity (Wildman–Crippen MR) is 96.0 cm³/mol. The second-order valence-electron chi connectivity index (χ2n) is 6.86. The topological polar surface area (TPSA) is 58.3 Å². The Bertz CT molecular complexity index is 794. The van der Waals surface area contributed by atoms with Crippen LogP contribution in [0.2, 0.25) is 0 Å². The second-order valence-corrected chi connectivity index (χ2v) is 6.86. The number of nitrogens with zero attached hydrogens (tertiary/aromatic N) is 2. The Hall–Kier alpha value is -2.49. The van der Waals surface area contributed by atoms with Crippen LogP contribution in [0.15, 0.2) is 48.3 Å². The van der Waals surface area contributed by atoms with Crippen LogP contribution in [0.1, 0.15) is 38.2 Å². The molecule has 0 amide bonds. The number of phenols is 2. The smallest absolute Gasteiger partial charge is 0.123 e. The third-order valence-corrected chi connectivity index (χ3v) is 4.89. The summed E-state index contributed by atoms with van der Waals surface area (Å²) in [7, 11) is 1.84. The van der Waals surface area contributed by atoms with E-state index in [1.54, 1.807) is 23.0 Å². The Balaban J connectivity index is 2.07. The van der Waals surface area contributed by atoms with Crippen molar-refractivity contribution in [3.63, 3.8) is 0 Å². The highest BCUT2D eigenvalue weighted by molar-refractivity contribution is 5.68. The van der Waals surface area contributed by atoms with E-state index in [-0.39, 0.29) is 23.3 Å². The zero-order chi connectivity index (χ0) is 17.4. The number of hydrogen-bond acceptors (Lipinski definition) is 3. The lowest BCUT2D eigenvalue weighted by atomic mass is 9.73. The van der Waals surface area contributed by atoms with E-state index >= 15 is 0 Å². The van der Waals surface area contributed by atoms with Gasteiger partial charge in [-0.1, -0.05) is 23.8 Å². The highest BCUT2D eigenvalue weighted by atomic mass is 16.3. The average Bonchev–Trinajstić information content (AvgIpc) is 2.93. The van der Waals surface area contributed by atoms with Gasteiger partial charge in [-0.2, -0.15) is 5.10 Å². The molecule has 1 aromatic heterocycles. The molecular weight excluding hydrogens is 300 g/mol. The normalized spacial score (nSPS) is 20.7. The zero-order valence-electron chi connectivity index (χ0n) is 14.5. The van der Waals surface area contributed by atoms with Crippen molar-refractivity contribution >= 4 is 0 Å². The van der Waals surface area contributed by atoms with Crippen LogP contribution < -0.4 is 0 Å². The van der Waals surface area contributed by atoms with Crippen molar-refractivity contribution in [2.45, 2.75) is 32.6 Å². The molecule has 1 aliphatic rings. The summed E-state index contributed by atoms with van der Waals surface area (Å²) >= 11 is 0. The minimum absolute atomic E-state index is 0.0424. The highest BCUT2D eigenvalue weighted by Gasteiger charge is 2.30. The SMILES string of the molecule is C=C(C)[C@@H]1CCC(C)=C[C@H]1c1c(O)cc(-c2cnn(C)c2)cc1O. The van der Waals surface area contributed by atoms with E-state index in [4.69, 9.17) is 0 Å². The van der Waals surface area contributed by atoms with Gasteiger partial charge in [0.2, 0.25) is 0 Å². The molecule has 0 fully saturated rings. The van der Waals surface area contributed by atoms with E-state index < -0.39 is 0 Å². The van der Waals surface area contributed by atoms with Crippen LogP contribution in [-0.2, 0) is 7.05 Å². The molecule has 1 heterocycles. The molecule has 2 atom stereocenters. The molecule has 2 N–H and O–H groups in total. The van der Waals surface area contributed by atoms with Gasteiger partial charge in [-0.3, -0.25) is 4.68 Å². The Kier molecular flexibility index (Phi) is 4.22. The number of hydrogen-bond donors (Lipinski definition) is 2. The molecule has 2 aromatic rings. The molecule has 0 saturated heterocycles. The number of aromatic nitrogens is 2. The van der Waals surface area contributed by atoms with Gasteiger partial charge in [-0.05, 0) is 50.3 Å². The minimum Gasteiger partial charge on any atom is -0.507 e. The molecule has 0 spiro atoms. The summed E-state index contributed by atoms with van der Waals surface area (Å²) in [4.78, 5) is 0. The van der Waals surface area contributed by atoms with Crippen molar-refractivity contribution in [1.29, 1.82) is 0 Å². The van der Waals surface area contributed by atoms with Gasteiger partial charge in [0, 0.05) is 30.3 Å². The van der Waals surface area contributed by atoms with Crippen LogP contribution in [0.4, 0.5) is 0 Å². The molecule has 3 rings (SSSR count). The summed E-state index contributed by atoms with van der Waals surface area (Å²) in [6.07, 6.45) is 7.75. The fourth-order valence-electron chi connectivity index (χ4n) is 3.61. The van der Waals surface area contributed by atoms with Gasteiger partial charge in [-0.15, -0.1) is 0 Å². The average molecular weight is 324 g/mol. The number of allylic oxidation sites excluding steroid dienone is 3. The van der Waals surface area contributed by atoms with Gasteiger partial charge in [0.1, 0.15) is 11.5 Å². The number of phenolic OH excluding ortho intramolecular Hbond substituents is 2. The Morgan fingerprint density at radius 3 is 2.46 bits per heavy atom. The quantitative estimate of drug-likeness (QED) is 0.816. The molecule has 0 saturated carbocycles. The van der Waals surface area contributed by atoms with Crippen molar-refractivity contribution in [3.05, 3.63) is 53.9 Å². The maximum atomic E-state index is 10.6. The molecule has 0 radical (unpaired) electrons. The lowest BCUT2D eigenvalue weighted by molar-refractivity contribution is 0.407. The lowest BCUT2D eigenvalue weighted by Gasteiger charge is -2.31. The van der Waals surface area contributed by atoms with E-state index in [0.29, 0.717) is 5.56 Å². The van der Waals surface area contributed by atoms with Gasteiger partial charge in [0.25, 0.3) is 0 Å².